The van der Waals surface area contributed by atoms with Crippen LogP contribution in [-0.4, -0.2) is 64.3 Å². The molecule has 0 bridgehead atoms. The fraction of sp³-hybridized carbons (Fsp3) is 0.467. The number of ether oxygens (including phenoxy) is 2. The van der Waals surface area contributed by atoms with E-state index in [0.717, 1.165) is 5.56 Å². The van der Waals surface area contributed by atoms with E-state index >= 15 is 0 Å². The van der Waals surface area contributed by atoms with E-state index in [4.69, 9.17) is 14.6 Å². The molecule has 0 aliphatic carbocycles. The van der Waals surface area contributed by atoms with Crippen LogP contribution in [0.5, 0.6) is 0 Å². The van der Waals surface area contributed by atoms with E-state index in [9.17, 15) is 15.3 Å². The first-order chi connectivity index (χ1) is 10.1. The maximum atomic E-state index is 9.77. The zero-order valence-corrected chi connectivity index (χ0v) is 11.4. The molecule has 1 aliphatic rings. The van der Waals surface area contributed by atoms with Crippen LogP contribution in [0, 0.1) is 0 Å². The van der Waals surface area contributed by atoms with Crippen LogP contribution in [0.4, 0.5) is 0 Å². The van der Waals surface area contributed by atoms with Crippen LogP contribution >= 0.6 is 0 Å². The highest BCUT2D eigenvalue weighted by molar-refractivity contribution is 5.48. The lowest BCUT2D eigenvalue weighted by Gasteiger charge is -2.39. The van der Waals surface area contributed by atoms with Gasteiger partial charge in [0.15, 0.2) is 6.29 Å². The fourth-order valence-electron chi connectivity index (χ4n) is 2.10. The van der Waals surface area contributed by atoms with Gasteiger partial charge in [0.2, 0.25) is 0 Å². The maximum Gasteiger partial charge on any atom is 0.187 e. The first-order valence-corrected chi connectivity index (χ1v) is 6.77. The summed E-state index contributed by atoms with van der Waals surface area (Å²) < 4.78 is 10.5. The number of aliphatic hydroxyl groups is 4. The average Bonchev–Trinajstić information content (AvgIpc) is 2.52. The summed E-state index contributed by atoms with van der Waals surface area (Å²) in [6.07, 6.45) is -2.61. The molecular formula is C15H20O6. The van der Waals surface area contributed by atoms with E-state index in [-0.39, 0.29) is 6.61 Å². The van der Waals surface area contributed by atoms with Crippen molar-refractivity contribution >= 4 is 6.08 Å². The molecule has 4 N–H and O–H groups in total. The Balaban J connectivity index is 1.86. The minimum Gasteiger partial charge on any atom is -0.394 e. The Hall–Kier alpha value is -1.28. The Morgan fingerprint density at radius 3 is 2.43 bits per heavy atom. The van der Waals surface area contributed by atoms with Crippen LogP contribution in [0.1, 0.15) is 5.56 Å². The van der Waals surface area contributed by atoms with E-state index in [0.29, 0.717) is 0 Å². The molecule has 2 rings (SSSR count). The van der Waals surface area contributed by atoms with E-state index in [2.05, 4.69) is 0 Å². The maximum absolute atomic E-state index is 9.77. The molecule has 6 heteroatoms. The van der Waals surface area contributed by atoms with Crippen LogP contribution in [0.25, 0.3) is 6.08 Å². The zero-order chi connectivity index (χ0) is 15.2. The lowest BCUT2D eigenvalue weighted by molar-refractivity contribution is -0.298. The van der Waals surface area contributed by atoms with Gasteiger partial charge in [0.05, 0.1) is 13.2 Å². The van der Waals surface area contributed by atoms with E-state index < -0.39 is 37.3 Å². The summed E-state index contributed by atoms with van der Waals surface area (Å²) in [5.74, 6) is 0. The second kappa shape index (κ2) is 7.65. The Bertz CT molecular complexity index is 447. The van der Waals surface area contributed by atoms with Crippen LogP contribution in [0.2, 0.25) is 0 Å². The number of hydrogen-bond acceptors (Lipinski definition) is 6. The van der Waals surface area contributed by atoms with Crippen molar-refractivity contribution < 1.29 is 29.9 Å². The normalized spacial score (nSPS) is 33.4. The van der Waals surface area contributed by atoms with Gasteiger partial charge in [-0.25, -0.2) is 0 Å². The molecule has 0 spiro atoms. The molecule has 21 heavy (non-hydrogen) atoms. The Labute approximate surface area is 122 Å². The molecule has 1 fully saturated rings. The standard InChI is InChI=1S/C15H20O6/c16-9-11-12(17)13(18)14(19)15(21-11)20-8-4-7-10-5-2-1-3-6-10/h1-7,11-19H,8-9H2/b7-4+/t11-,12-,13+,14+,15+/m1/s1. The zero-order valence-electron chi connectivity index (χ0n) is 11.4. The van der Waals surface area contributed by atoms with Crippen molar-refractivity contribution in [2.75, 3.05) is 13.2 Å². The first kappa shape index (κ1) is 16.1. The van der Waals surface area contributed by atoms with Gasteiger partial charge in [-0.3, -0.25) is 0 Å². The second-order valence-corrected chi connectivity index (χ2v) is 4.84. The molecule has 1 saturated heterocycles. The van der Waals surface area contributed by atoms with E-state index in [1.54, 1.807) is 6.08 Å². The van der Waals surface area contributed by atoms with Crippen LogP contribution in [-0.2, 0) is 9.47 Å². The molecule has 0 unspecified atom stereocenters. The van der Waals surface area contributed by atoms with Crippen molar-refractivity contribution in [3.05, 3.63) is 42.0 Å². The van der Waals surface area contributed by atoms with Gasteiger partial charge in [-0.1, -0.05) is 42.5 Å². The smallest absolute Gasteiger partial charge is 0.187 e. The van der Waals surface area contributed by atoms with Gasteiger partial charge >= 0.3 is 0 Å². The van der Waals surface area contributed by atoms with Crippen molar-refractivity contribution in [2.45, 2.75) is 30.7 Å². The molecule has 1 aliphatic heterocycles. The summed E-state index contributed by atoms with van der Waals surface area (Å²) in [6, 6.07) is 9.62. The Morgan fingerprint density at radius 1 is 1.05 bits per heavy atom. The number of rotatable bonds is 5. The van der Waals surface area contributed by atoms with Crippen LogP contribution in [0.3, 0.4) is 0 Å². The van der Waals surface area contributed by atoms with Gasteiger partial charge in [0, 0.05) is 0 Å². The number of benzene rings is 1. The highest BCUT2D eigenvalue weighted by atomic mass is 16.7. The molecule has 5 atom stereocenters. The van der Waals surface area contributed by atoms with Crippen molar-refractivity contribution in [1.29, 1.82) is 0 Å². The molecule has 0 amide bonds. The van der Waals surface area contributed by atoms with Gasteiger partial charge in [0.1, 0.15) is 24.4 Å². The minimum absolute atomic E-state index is 0.164. The first-order valence-electron chi connectivity index (χ1n) is 6.77. The summed E-state index contributed by atoms with van der Waals surface area (Å²) in [4.78, 5) is 0. The second-order valence-electron chi connectivity index (χ2n) is 4.84. The van der Waals surface area contributed by atoms with Crippen molar-refractivity contribution in [2.24, 2.45) is 0 Å². The average molecular weight is 296 g/mol. The molecule has 0 radical (unpaired) electrons. The lowest BCUT2D eigenvalue weighted by atomic mass is 9.99. The third kappa shape index (κ3) is 4.10. The molecule has 1 aromatic rings. The summed E-state index contributed by atoms with van der Waals surface area (Å²) in [5, 5.41) is 38.1. The quantitative estimate of drug-likeness (QED) is 0.585. The van der Waals surface area contributed by atoms with Crippen LogP contribution in [0.15, 0.2) is 36.4 Å². The number of hydrogen-bond donors (Lipinski definition) is 4. The fourth-order valence-corrected chi connectivity index (χ4v) is 2.10. The Kier molecular flexibility index (Phi) is 5.86. The molecule has 6 nitrogen and oxygen atoms in total. The summed E-state index contributed by atoms with van der Waals surface area (Å²) >= 11 is 0. The van der Waals surface area contributed by atoms with Crippen LogP contribution < -0.4 is 0 Å². The van der Waals surface area contributed by atoms with Gasteiger partial charge in [-0.2, -0.15) is 0 Å². The van der Waals surface area contributed by atoms with E-state index in [1.807, 2.05) is 36.4 Å². The molecule has 116 valence electrons. The molecule has 1 heterocycles. The van der Waals surface area contributed by atoms with Gasteiger partial charge in [-0.05, 0) is 5.56 Å². The minimum atomic E-state index is -1.42. The topological polar surface area (TPSA) is 99.4 Å². The van der Waals surface area contributed by atoms with Crippen molar-refractivity contribution in [1.82, 2.24) is 0 Å². The predicted molar refractivity (Wildman–Crippen MR) is 75.2 cm³/mol. The predicted octanol–water partition coefficient (Wildman–Crippen LogP) is -0.484. The van der Waals surface area contributed by atoms with Gasteiger partial charge in [-0.15, -0.1) is 0 Å². The number of aliphatic hydroxyl groups excluding tert-OH is 4. The van der Waals surface area contributed by atoms with E-state index in [1.165, 1.54) is 0 Å². The third-order valence-corrected chi connectivity index (χ3v) is 3.32. The van der Waals surface area contributed by atoms with Crippen molar-refractivity contribution in [3.63, 3.8) is 0 Å². The molecule has 0 saturated carbocycles. The van der Waals surface area contributed by atoms with Gasteiger partial charge in [0.25, 0.3) is 0 Å². The molecular weight excluding hydrogens is 276 g/mol. The third-order valence-electron chi connectivity index (χ3n) is 3.32. The Morgan fingerprint density at radius 2 is 1.76 bits per heavy atom. The van der Waals surface area contributed by atoms with Crippen molar-refractivity contribution in [3.8, 4) is 0 Å². The highest BCUT2D eigenvalue weighted by Crippen LogP contribution is 2.21. The summed E-state index contributed by atoms with van der Waals surface area (Å²) in [5.41, 5.74) is 1.01. The lowest BCUT2D eigenvalue weighted by Crippen LogP contribution is -2.59. The SMILES string of the molecule is OC[C@H]1O[C@H](OC/C=C/c2ccccc2)[C@@H](O)[C@@H](O)[C@@H]1O. The monoisotopic (exact) mass is 296 g/mol. The largest absolute Gasteiger partial charge is 0.394 e. The van der Waals surface area contributed by atoms with Gasteiger partial charge < -0.3 is 29.9 Å². The highest BCUT2D eigenvalue weighted by Gasteiger charge is 2.43. The molecule has 0 aromatic heterocycles. The summed E-state index contributed by atoms with van der Waals surface area (Å²) in [7, 11) is 0. The molecule has 1 aromatic carbocycles. The summed E-state index contributed by atoms with van der Waals surface area (Å²) in [6.45, 7) is -0.303.